The van der Waals surface area contributed by atoms with Crippen LogP contribution in [-0.2, 0) is 16.6 Å². The summed E-state index contributed by atoms with van der Waals surface area (Å²) in [4.78, 5) is 39.9. The molecule has 0 unspecified atom stereocenters. The van der Waals surface area contributed by atoms with Crippen molar-refractivity contribution in [3.63, 3.8) is 0 Å². The quantitative estimate of drug-likeness (QED) is 0.680. The van der Waals surface area contributed by atoms with Gasteiger partial charge in [0.05, 0.1) is 11.4 Å². The fourth-order valence-corrected chi connectivity index (χ4v) is 3.62. The number of nitrogens with zero attached hydrogens (tertiary/aromatic N) is 3. The van der Waals surface area contributed by atoms with Gasteiger partial charge in [0.25, 0.3) is 11.5 Å². The largest absolute Gasteiger partial charge is 0.326 e. The van der Waals surface area contributed by atoms with Crippen molar-refractivity contribution in [2.24, 2.45) is 7.05 Å². The van der Waals surface area contributed by atoms with E-state index in [1.54, 1.807) is 23.6 Å². The average Bonchev–Trinajstić information content (AvgIpc) is 2.95. The third kappa shape index (κ3) is 3.24. The zero-order valence-corrected chi connectivity index (χ0v) is 16.3. The lowest BCUT2D eigenvalue weighted by Crippen LogP contribution is -2.49. The van der Waals surface area contributed by atoms with Gasteiger partial charge in [-0.25, -0.2) is 4.68 Å². The van der Waals surface area contributed by atoms with Gasteiger partial charge in [-0.05, 0) is 24.6 Å². The number of β-lactam (4-membered cyclic amide) rings is 1. The van der Waals surface area contributed by atoms with E-state index in [-0.39, 0.29) is 17.2 Å². The Morgan fingerprint density at radius 3 is 2.17 bits per heavy atom. The smallest absolute Gasteiger partial charge is 0.295 e. The van der Waals surface area contributed by atoms with Gasteiger partial charge in [0.2, 0.25) is 5.91 Å². The number of hydrogen-bond acceptors (Lipinski definition) is 3. The first-order valence-corrected chi connectivity index (χ1v) is 9.48. The highest BCUT2D eigenvalue weighted by molar-refractivity contribution is 5.99. The van der Waals surface area contributed by atoms with E-state index >= 15 is 0 Å². The van der Waals surface area contributed by atoms with Gasteiger partial charge in [-0.15, -0.1) is 0 Å². The van der Waals surface area contributed by atoms with Crippen molar-refractivity contribution >= 4 is 17.5 Å². The highest BCUT2D eigenvalue weighted by Crippen LogP contribution is 2.28. The maximum Gasteiger partial charge on any atom is 0.295 e. The van der Waals surface area contributed by atoms with Crippen LogP contribution in [0.3, 0.4) is 0 Å². The van der Waals surface area contributed by atoms with Crippen molar-refractivity contribution in [3.05, 3.63) is 82.3 Å². The maximum atomic E-state index is 13.2. The molecule has 0 radical (unpaired) electrons. The zero-order valence-electron chi connectivity index (χ0n) is 16.3. The summed E-state index contributed by atoms with van der Waals surface area (Å²) in [5, 5.41) is 2.79. The third-order valence-corrected chi connectivity index (χ3v) is 5.36. The Bertz CT molecular complexity index is 1120. The summed E-state index contributed by atoms with van der Waals surface area (Å²) >= 11 is 0. The van der Waals surface area contributed by atoms with E-state index in [1.165, 1.54) is 4.68 Å². The number of nitrogens with one attached hydrogen (secondary N) is 1. The molecule has 1 aliphatic heterocycles. The fraction of sp³-hybridized carbons (Fsp3) is 0.227. The summed E-state index contributed by atoms with van der Waals surface area (Å²) in [7, 11) is 1.77. The minimum absolute atomic E-state index is 0.0690. The number of likely N-dealkylation sites (tertiary alicyclic amines) is 1. The second-order valence-electron chi connectivity index (χ2n) is 7.08. The highest BCUT2D eigenvalue weighted by Gasteiger charge is 2.37. The number of carbonyl (C=O) groups excluding carboxylic acids is 2. The highest BCUT2D eigenvalue weighted by atomic mass is 16.2. The van der Waals surface area contributed by atoms with Crippen molar-refractivity contribution < 1.29 is 9.59 Å². The number of hydrogen-bond donors (Lipinski definition) is 1. The van der Waals surface area contributed by atoms with Gasteiger partial charge < -0.3 is 10.2 Å². The monoisotopic (exact) mass is 390 g/mol. The standard InChI is InChI=1S/C22H22N4O3/c1-15-19(22(29)26(24(15)2)17-11-7-4-8-12-17)23-21(28)20(25-14-13-18(25)27)16-9-5-3-6-10-16/h3-12,20H,13-14H2,1-2H3,(H,23,28)/t20-/m1/s1. The second kappa shape index (κ2) is 7.43. The van der Waals surface area contributed by atoms with Crippen molar-refractivity contribution in [2.75, 3.05) is 11.9 Å². The zero-order chi connectivity index (χ0) is 20.5. The lowest BCUT2D eigenvalue weighted by atomic mass is 10.00. The molecule has 3 aromatic rings. The molecule has 2 amide bonds. The Labute approximate surface area is 168 Å². The number of para-hydroxylation sites is 1. The van der Waals surface area contributed by atoms with E-state index in [0.29, 0.717) is 24.3 Å². The molecule has 1 atom stereocenters. The molecule has 1 saturated heterocycles. The van der Waals surface area contributed by atoms with E-state index in [1.807, 2.05) is 60.7 Å². The van der Waals surface area contributed by atoms with Crippen LogP contribution in [0, 0.1) is 6.92 Å². The Balaban J connectivity index is 1.70. The van der Waals surface area contributed by atoms with Crippen molar-refractivity contribution in [3.8, 4) is 5.69 Å². The van der Waals surface area contributed by atoms with Crippen LogP contribution >= 0.6 is 0 Å². The van der Waals surface area contributed by atoms with Crippen LogP contribution in [0.4, 0.5) is 5.69 Å². The molecule has 7 nitrogen and oxygen atoms in total. The SMILES string of the molecule is Cc1c(NC(=O)[C@@H](c2ccccc2)N2CCC2=O)c(=O)n(-c2ccccc2)n1C. The van der Waals surface area contributed by atoms with Crippen LogP contribution in [0.1, 0.15) is 23.7 Å². The molecule has 1 fully saturated rings. The normalized spacial score (nSPS) is 14.4. The van der Waals surface area contributed by atoms with E-state index in [2.05, 4.69) is 5.32 Å². The topological polar surface area (TPSA) is 76.3 Å². The molecule has 0 saturated carbocycles. The van der Waals surface area contributed by atoms with Crippen LogP contribution in [0.25, 0.3) is 5.69 Å². The Morgan fingerprint density at radius 2 is 1.62 bits per heavy atom. The lowest BCUT2D eigenvalue weighted by Gasteiger charge is -2.37. The Morgan fingerprint density at radius 1 is 1.00 bits per heavy atom. The van der Waals surface area contributed by atoms with E-state index < -0.39 is 11.9 Å². The van der Waals surface area contributed by atoms with Crippen molar-refractivity contribution in [2.45, 2.75) is 19.4 Å². The molecular weight excluding hydrogens is 368 g/mol. The van der Waals surface area contributed by atoms with Crippen LogP contribution in [0.15, 0.2) is 65.5 Å². The molecule has 7 heteroatoms. The number of amides is 2. The molecule has 29 heavy (non-hydrogen) atoms. The van der Waals surface area contributed by atoms with Crippen LogP contribution in [-0.4, -0.2) is 32.6 Å². The third-order valence-electron chi connectivity index (χ3n) is 5.36. The first-order valence-electron chi connectivity index (χ1n) is 9.48. The summed E-state index contributed by atoms with van der Waals surface area (Å²) in [6.45, 7) is 2.30. The van der Waals surface area contributed by atoms with Gasteiger partial charge in [0.15, 0.2) is 0 Å². The molecule has 148 valence electrons. The summed E-state index contributed by atoms with van der Waals surface area (Å²) in [5.41, 5.74) is 1.96. The average molecular weight is 390 g/mol. The number of carbonyl (C=O) groups is 2. The van der Waals surface area contributed by atoms with E-state index in [9.17, 15) is 14.4 Å². The van der Waals surface area contributed by atoms with Gasteiger partial charge in [0.1, 0.15) is 11.7 Å². The summed E-state index contributed by atoms with van der Waals surface area (Å²) in [6.07, 6.45) is 0.432. The van der Waals surface area contributed by atoms with Gasteiger partial charge in [-0.3, -0.25) is 19.1 Å². The first-order chi connectivity index (χ1) is 14.0. The summed E-state index contributed by atoms with van der Waals surface area (Å²) < 4.78 is 3.22. The fourth-order valence-electron chi connectivity index (χ4n) is 3.62. The van der Waals surface area contributed by atoms with Crippen LogP contribution in [0.5, 0.6) is 0 Å². The molecule has 0 bridgehead atoms. The Kier molecular flexibility index (Phi) is 4.80. The molecule has 1 aromatic heterocycles. The van der Waals surface area contributed by atoms with Gasteiger partial charge >= 0.3 is 0 Å². The number of anilines is 1. The molecule has 4 rings (SSSR count). The van der Waals surface area contributed by atoms with Crippen molar-refractivity contribution in [1.82, 2.24) is 14.3 Å². The molecule has 0 aliphatic carbocycles. The second-order valence-corrected chi connectivity index (χ2v) is 7.08. The molecule has 0 spiro atoms. The Hall–Kier alpha value is -3.61. The molecule has 1 aliphatic rings. The van der Waals surface area contributed by atoms with Crippen molar-refractivity contribution in [1.29, 1.82) is 0 Å². The van der Waals surface area contributed by atoms with Gasteiger partial charge in [0, 0.05) is 20.0 Å². The first kappa shape index (κ1) is 18.7. The number of benzene rings is 2. The van der Waals surface area contributed by atoms with Gasteiger partial charge in [-0.1, -0.05) is 48.5 Å². The molecule has 1 N–H and O–H groups in total. The molecule has 2 aromatic carbocycles. The van der Waals surface area contributed by atoms with Crippen LogP contribution in [0.2, 0.25) is 0 Å². The van der Waals surface area contributed by atoms with E-state index in [0.717, 1.165) is 5.56 Å². The summed E-state index contributed by atoms with van der Waals surface area (Å²) in [5.74, 6) is -0.462. The maximum absolute atomic E-state index is 13.2. The number of aromatic nitrogens is 2. The molecule has 2 heterocycles. The van der Waals surface area contributed by atoms with Crippen LogP contribution < -0.4 is 10.9 Å². The minimum atomic E-state index is -0.762. The van der Waals surface area contributed by atoms with E-state index in [4.69, 9.17) is 0 Å². The predicted octanol–water partition coefficient (Wildman–Crippen LogP) is 2.40. The minimum Gasteiger partial charge on any atom is -0.326 e. The number of rotatable bonds is 5. The molecular formula is C22H22N4O3. The summed E-state index contributed by atoms with van der Waals surface area (Å²) in [6, 6.07) is 17.6. The van der Waals surface area contributed by atoms with Gasteiger partial charge in [-0.2, -0.15) is 0 Å². The lowest BCUT2D eigenvalue weighted by molar-refractivity contribution is -0.147. The predicted molar refractivity (Wildman–Crippen MR) is 110 cm³/mol.